The molecule has 0 radical (unpaired) electrons. The van der Waals surface area contributed by atoms with E-state index in [0.29, 0.717) is 23.5 Å². The maximum atomic E-state index is 13.1. The lowest BCUT2D eigenvalue weighted by atomic mass is 10.0. The number of carboxylic acid groups (broad SMARTS) is 1. The fourth-order valence-electron chi connectivity index (χ4n) is 3.86. The van der Waals surface area contributed by atoms with Crippen molar-refractivity contribution >= 4 is 56.7 Å². The summed E-state index contributed by atoms with van der Waals surface area (Å²) < 4.78 is 28.7. The van der Waals surface area contributed by atoms with Gasteiger partial charge in [0, 0.05) is 35.2 Å². The number of carbonyl (C=O) groups is 4. The molecule has 3 rings (SSSR count). The summed E-state index contributed by atoms with van der Waals surface area (Å²) in [6.07, 6.45) is 0.268. The zero-order chi connectivity index (χ0) is 32.3. The fraction of sp³-hybridized carbons (Fsp3) is 0.267. The van der Waals surface area contributed by atoms with Gasteiger partial charge in [0.2, 0.25) is 5.91 Å². The topological polar surface area (TPSA) is 195 Å². The number of anilines is 4. The Kier molecular flexibility index (Phi) is 11.7. The monoisotopic (exact) mass is 624 g/mol. The third kappa shape index (κ3) is 10.3. The van der Waals surface area contributed by atoms with Gasteiger partial charge in [0.1, 0.15) is 0 Å². The van der Waals surface area contributed by atoms with Crippen LogP contribution in [-0.4, -0.2) is 44.0 Å². The van der Waals surface area contributed by atoms with E-state index in [2.05, 4.69) is 31.3 Å². The summed E-state index contributed by atoms with van der Waals surface area (Å²) in [6.45, 7) is 5.90. The molecule has 0 heterocycles. The normalized spacial score (nSPS) is 11.6. The largest absolute Gasteiger partial charge is 0.481 e. The second-order valence-electron chi connectivity index (χ2n) is 10.1. The fourth-order valence-corrected chi connectivity index (χ4v) is 4.96. The minimum atomic E-state index is -4.10. The Labute approximate surface area is 255 Å². The molecule has 44 heavy (non-hydrogen) atoms. The highest BCUT2D eigenvalue weighted by Crippen LogP contribution is 2.24. The highest BCUT2D eigenvalue weighted by atomic mass is 32.2. The van der Waals surface area contributed by atoms with Crippen molar-refractivity contribution < 1.29 is 32.7 Å². The molecule has 14 heteroatoms. The van der Waals surface area contributed by atoms with Crippen LogP contribution in [0.25, 0.3) is 0 Å². The first-order valence-electron chi connectivity index (χ1n) is 13.8. The Morgan fingerprint density at radius 3 is 2.02 bits per heavy atom. The maximum absolute atomic E-state index is 13.1. The van der Waals surface area contributed by atoms with Crippen LogP contribution in [0.2, 0.25) is 0 Å². The second-order valence-corrected chi connectivity index (χ2v) is 11.8. The molecule has 1 atom stereocenters. The van der Waals surface area contributed by atoms with Crippen LogP contribution in [-0.2, 0) is 19.6 Å². The smallest absolute Gasteiger partial charge is 0.319 e. The van der Waals surface area contributed by atoms with Gasteiger partial charge in [-0.2, -0.15) is 0 Å². The zero-order valence-electron chi connectivity index (χ0n) is 24.5. The van der Waals surface area contributed by atoms with Crippen molar-refractivity contribution in [2.24, 2.45) is 5.92 Å². The number of rotatable bonds is 13. The van der Waals surface area contributed by atoms with Gasteiger partial charge in [-0.1, -0.05) is 39.0 Å². The van der Waals surface area contributed by atoms with Crippen LogP contribution < -0.4 is 31.3 Å². The summed E-state index contributed by atoms with van der Waals surface area (Å²) in [4.78, 5) is 48.1. The number of carbonyl (C=O) groups excluding carboxylic acids is 3. The first-order valence-corrected chi connectivity index (χ1v) is 15.3. The van der Waals surface area contributed by atoms with Crippen molar-refractivity contribution in [3.05, 3.63) is 78.4 Å². The van der Waals surface area contributed by atoms with Crippen molar-refractivity contribution in [3.63, 3.8) is 0 Å². The lowest BCUT2D eigenvalue weighted by molar-refractivity contribution is -0.137. The van der Waals surface area contributed by atoms with Crippen LogP contribution in [0.15, 0.2) is 77.7 Å². The van der Waals surface area contributed by atoms with Gasteiger partial charge < -0.3 is 31.7 Å². The van der Waals surface area contributed by atoms with E-state index in [0.717, 1.165) is 6.42 Å². The maximum Gasteiger partial charge on any atom is 0.319 e. The van der Waals surface area contributed by atoms with Crippen molar-refractivity contribution in [2.75, 3.05) is 27.2 Å². The zero-order valence-corrected chi connectivity index (χ0v) is 25.3. The number of benzene rings is 3. The molecular weight excluding hydrogens is 588 g/mol. The van der Waals surface area contributed by atoms with Gasteiger partial charge in [0.05, 0.1) is 17.4 Å². The Morgan fingerprint density at radius 2 is 1.39 bits per heavy atom. The first kappa shape index (κ1) is 33.4. The van der Waals surface area contributed by atoms with Crippen molar-refractivity contribution in [2.45, 2.75) is 44.6 Å². The van der Waals surface area contributed by atoms with E-state index in [1.807, 2.05) is 6.92 Å². The van der Waals surface area contributed by atoms with E-state index in [4.69, 9.17) is 0 Å². The van der Waals surface area contributed by atoms with Crippen LogP contribution >= 0.6 is 0 Å². The highest BCUT2D eigenvalue weighted by molar-refractivity contribution is 7.92. The molecule has 234 valence electrons. The summed E-state index contributed by atoms with van der Waals surface area (Å²) in [5.41, 5.74) is 1.72. The quantitative estimate of drug-likeness (QED) is 0.140. The molecule has 0 saturated heterocycles. The van der Waals surface area contributed by atoms with Crippen LogP contribution in [0.3, 0.4) is 0 Å². The number of urea groups is 2. The molecule has 0 aromatic heterocycles. The number of sulfonamides is 1. The summed E-state index contributed by atoms with van der Waals surface area (Å²) >= 11 is 0. The summed E-state index contributed by atoms with van der Waals surface area (Å²) in [5.74, 6) is -1.53. The van der Waals surface area contributed by atoms with E-state index in [9.17, 15) is 32.7 Å². The molecule has 0 aliphatic heterocycles. The number of hydrogen-bond donors (Lipinski definition) is 7. The predicted molar refractivity (Wildman–Crippen MR) is 168 cm³/mol. The molecule has 0 saturated carbocycles. The van der Waals surface area contributed by atoms with E-state index >= 15 is 0 Å². The van der Waals surface area contributed by atoms with E-state index in [1.54, 1.807) is 50.2 Å². The molecule has 5 amide bonds. The van der Waals surface area contributed by atoms with E-state index in [1.165, 1.54) is 36.4 Å². The molecule has 0 bridgehead atoms. The summed E-state index contributed by atoms with van der Waals surface area (Å²) in [7, 11) is -4.10. The molecule has 0 unspecified atom stereocenters. The van der Waals surface area contributed by atoms with Gasteiger partial charge in [0.15, 0.2) is 0 Å². The lowest BCUT2D eigenvalue weighted by Crippen LogP contribution is -2.33. The molecule has 0 aliphatic carbocycles. The van der Waals surface area contributed by atoms with Gasteiger partial charge in [-0.3, -0.25) is 14.3 Å². The summed E-state index contributed by atoms with van der Waals surface area (Å²) in [5, 5.41) is 22.7. The number of amides is 5. The van der Waals surface area contributed by atoms with Crippen molar-refractivity contribution in [3.8, 4) is 0 Å². The van der Waals surface area contributed by atoms with E-state index in [-0.39, 0.29) is 28.1 Å². The van der Waals surface area contributed by atoms with Gasteiger partial charge in [-0.05, 0) is 66.6 Å². The van der Waals surface area contributed by atoms with Crippen molar-refractivity contribution in [1.29, 1.82) is 0 Å². The average Bonchev–Trinajstić information content (AvgIpc) is 2.96. The Morgan fingerprint density at radius 1 is 0.773 bits per heavy atom. The summed E-state index contributed by atoms with van der Waals surface area (Å²) in [6, 6.07) is 16.0. The SMILES string of the molecule is CCCNC(=O)Nc1cccc(S(=O)(=O)Nc2cccc([C@H](CC(=O)O)NC(=O)Nc3ccc(NC(=O)C(C)C)cc3)c2)c1. The van der Waals surface area contributed by atoms with Crippen LogP contribution in [0.1, 0.15) is 45.2 Å². The highest BCUT2D eigenvalue weighted by Gasteiger charge is 2.21. The van der Waals surface area contributed by atoms with Crippen molar-refractivity contribution in [1.82, 2.24) is 10.6 Å². The van der Waals surface area contributed by atoms with Gasteiger partial charge >= 0.3 is 18.0 Å². The molecule has 0 aliphatic rings. The molecule has 0 fully saturated rings. The Balaban J connectivity index is 1.71. The molecule has 3 aromatic rings. The molecular formula is C30H36N6O7S. The molecule has 3 aromatic carbocycles. The van der Waals surface area contributed by atoms with Gasteiger partial charge in [0.25, 0.3) is 10.0 Å². The molecule has 0 spiro atoms. The van der Waals surface area contributed by atoms with E-state index < -0.39 is 40.5 Å². The number of hydrogen-bond acceptors (Lipinski definition) is 6. The standard InChI is InChI=1S/C30H36N6O7S/c1-4-15-31-29(40)34-23-8-6-10-25(17-23)44(42,43)36-24-9-5-7-20(16-24)26(18-27(37)38)35-30(41)33-22-13-11-21(12-14-22)32-28(39)19(2)3/h5-14,16-17,19,26,36H,4,15,18H2,1-3H3,(H,32,39)(H,37,38)(H2,31,34,40)(H2,33,35,41)/t26-/m0/s1. The number of nitrogens with one attached hydrogen (secondary N) is 6. The average molecular weight is 625 g/mol. The third-order valence-electron chi connectivity index (χ3n) is 6.10. The second kappa shape index (κ2) is 15.4. The van der Waals surface area contributed by atoms with Crippen LogP contribution in [0.5, 0.6) is 0 Å². The molecule has 7 N–H and O–H groups in total. The minimum absolute atomic E-state index is 0.106. The van der Waals surface area contributed by atoms with Gasteiger partial charge in [-0.25, -0.2) is 18.0 Å². The Hall–Kier alpha value is -5.11. The Bertz CT molecular complexity index is 1590. The van der Waals surface area contributed by atoms with Crippen LogP contribution in [0.4, 0.5) is 32.3 Å². The predicted octanol–water partition coefficient (Wildman–Crippen LogP) is 4.95. The number of carboxylic acids is 1. The van der Waals surface area contributed by atoms with Gasteiger partial charge in [-0.15, -0.1) is 0 Å². The number of aliphatic carboxylic acids is 1. The minimum Gasteiger partial charge on any atom is -0.481 e. The third-order valence-corrected chi connectivity index (χ3v) is 7.48. The lowest BCUT2D eigenvalue weighted by Gasteiger charge is -2.19. The van der Waals surface area contributed by atoms with Crippen LogP contribution in [0, 0.1) is 5.92 Å². The first-order chi connectivity index (χ1) is 20.9. The molecule has 13 nitrogen and oxygen atoms in total.